The summed E-state index contributed by atoms with van der Waals surface area (Å²) in [6.45, 7) is 6.38. The van der Waals surface area contributed by atoms with E-state index in [4.69, 9.17) is 5.48 Å². The minimum absolute atomic E-state index is 0.661. The molecule has 0 saturated carbocycles. The van der Waals surface area contributed by atoms with Gasteiger partial charge in [-0.05, 0) is 11.8 Å². The van der Waals surface area contributed by atoms with Crippen LogP contribution in [-0.4, -0.2) is 0 Å². The Bertz CT molecular complexity index is 122. The highest BCUT2D eigenvalue weighted by Crippen LogP contribution is 2.19. The van der Waals surface area contributed by atoms with Crippen molar-refractivity contribution in [3.8, 4) is 0 Å². The van der Waals surface area contributed by atoms with Crippen molar-refractivity contribution in [2.45, 2.75) is 40.4 Å². The third kappa shape index (κ3) is 6.00. The first-order valence-corrected chi connectivity index (χ1v) is 2.50. The van der Waals surface area contributed by atoms with E-state index in [2.05, 4.69) is 0 Å². The molecule has 0 aliphatic carbocycles. The van der Waals surface area contributed by atoms with Crippen molar-refractivity contribution in [3.05, 3.63) is 0 Å². The molecule has 0 atom stereocenters. The van der Waals surface area contributed by atoms with Crippen LogP contribution < -0.4 is 0 Å². The molecule has 0 unspecified atom stereocenters. The molecule has 0 fully saturated rings. The first kappa shape index (κ1) is 2.52. The lowest BCUT2D eigenvalue weighted by Gasteiger charge is -2.15. The summed E-state index contributed by atoms with van der Waals surface area (Å²) in [4.78, 5) is 0. The average molecular weight is 104 g/mol. The molecule has 0 bridgehead atoms. The quantitative estimate of drug-likeness (QED) is 0.480. The Morgan fingerprint density at radius 2 is 1.86 bits per heavy atom. The average Bonchev–Trinajstić information content (AvgIpc) is 1.58. The summed E-state index contributed by atoms with van der Waals surface area (Å²) in [5.74, 6) is 0. The molecule has 0 heterocycles. The minimum atomic E-state index is -1.79. The molecule has 0 spiro atoms. The molecule has 0 aromatic carbocycles. The second kappa shape index (κ2) is 2.34. The molecule has 0 rings (SSSR count). The van der Waals surface area contributed by atoms with Gasteiger partial charge in [-0.15, -0.1) is 0 Å². The molecular weight excluding hydrogens is 84.1 g/mol. The summed E-state index contributed by atoms with van der Waals surface area (Å²) in [6, 6.07) is 0. The van der Waals surface area contributed by atoms with E-state index in [0.717, 1.165) is 0 Å². The fourth-order valence-corrected chi connectivity index (χ4v) is 0.375. The molecule has 0 aromatic heterocycles. The highest BCUT2D eigenvalue weighted by molar-refractivity contribution is 4.58. The second-order valence-electron chi connectivity index (χ2n) is 2.62. The zero-order valence-corrected chi connectivity index (χ0v) is 5.50. The van der Waals surface area contributed by atoms with Crippen LogP contribution in [0.2, 0.25) is 0 Å². The maximum Gasteiger partial charge on any atom is 0.0272 e. The van der Waals surface area contributed by atoms with Crippen LogP contribution in [0.4, 0.5) is 0 Å². The van der Waals surface area contributed by atoms with Crippen molar-refractivity contribution in [2.75, 3.05) is 0 Å². The first-order valence-electron chi connectivity index (χ1n) is 4.50. The molecule has 0 aliphatic rings. The summed E-state index contributed by atoms with van der Waals surface area (Å²) in [5, 5.41) is 0. The molecule has 44 valence electrons. The van der Waals surface area contributed by atoms with E-state index >= 15 is 0 Å². The van der Waals surface area contributed by atoms with Gasteiger partial charge in [-0.2, -0.15) is 0 Å². The van der Waals surface area contributed by atoms with Gasteiger partial charge in [0.05, 0.1) is 0 Å². The zero-order chi connectivity index (χ0) is 9.50. The summed E-state index contributed by atoms with van der Waals surface area (Å²) < 4.78 is 29.6. The number of rotatable bonds is 1. The van der Waals surface area contributed by atoms with Crippen molar-refractivity contribution in [2.24, 2.45) is 5.41 Å². The van der Waals surface area contributed by atoms with E-state index < -0.39 is 18.2 Å². The van der Waals surface area contributed by atoms with Crippen LogP contribution in [0.15, 0.2) is 0 Å². The van der Waals surface area contributed by atoms with E-state index in [1.807, 2.05) is 0 Å². The Kier molecular flexibility index (Phi) is 0.844. The van der Waals surface area contributed by atoms with Crippen molar-refractivity contribution in [3.63, 3.8) is 0 Å². The Balaban J connectivity index is 4.75. The third-order valence-corrected chi connectivity index (χ3v) is 0.500. The van der Waals surface area contributed by atoms with Gasteiger partial charge in [-0.3, -0.25) is 0 Å². The monoisotopic (exact) mass is 104 g/mol. The molecule has 0 saturated heterocycles. The largest absolute Gasteiger partial charge is 0.0654 e. The van der Waals surface area contributed by atoms with E-state index in [0.29, 0.717) is 0 Å². The summed E-state index contributed by atoms with van der Waals surface area (Å²) in [6.07, 6.45) is -3.58. The topological polar surface area (TPSA) is 0 Å². The zero-order valence-electron chi connectivity index (χ0n) is 9.50. The summed E-state index contributed by atoms with van der Waals surface area (Å²) >= 11 is 0. The van der Waals surface area contributed by atoms with Crippen LogP contribution in [0.1, 0.15) is 45.9 Å². The van der Waals surface area contributed by atoms with E-state index in [1.54, 1.807) is 20.8 Å². The Morgan fingerprint density at radius 1 is 1.43 bits per heavy atom. The van der Waals surface area contributed by atoms with Gasteiger partial charge in [-0.25, -0.2) is 0 Å². The molecular formula is C7H16. The van der Waals surface area contributed by atoms with Crippen LogP contribution in [0.25, 0.3) is 0 Å². The first-order chi connectivity index (χ1) is 4.50. The van der Waals surface area contributed by atoms with Gasteiger partial charge < -0.3 is 0 Å². The summed E-state index contributed by atoms with van der Waals surface area (Å²) in [7, 11) is 0. The lowest BCUT2D eigenvalue weighted by atomic mass is 9.91. The fourth-order valence-electron chi connectivity index (χ4n) is 0.375. The lowest BCUT2D eigenvalue weighted by molar-refractivity contribution is 0.373. The smallest absolute Gasteiger partial charge is 0.0272 e. The maximum absolute atomic E-state index is 7.52. The predicted octanol–water partition coefficient (Wildman–Crippen LogP) is 2.83. The number of hydrogen-bond donors (Lipinski definition) is 0. The standard InChI is InChI=1S/C7H16/c1-5-6-7(2,3)4/h5-6H2,1-4H3/i5D2,6D2. The van der Waals surface area contributed by atoms with Crippen molar-refractivity contribution >= 4 is 0 Å². The van der Waals surface area contributed by atoms with E-state index in [9.17, 15) is 0 Å². The molecule has 0 aliphatic heterocycles. The third-order valence-electron chi connectivity index (χ3n) is 0.500. The Hall–Kier alpha value is 0. The molecule has 0 nitrogen and oxygen atoms in total. The van der Waals surface area contributed by atoms with Gasteiger partial charge >= 0.3 is 0 Å². The van der Waals surface area contributed by atoms with Gasteiger partial charge in [0.1, 0.15) is 0 Å². The maximum atomic E-state index is 7.52. The van der Waals surface area contributed by atoms with Crippen molar-refractivity contribution in [1.82, 2.24) is 0 Å². The lowest BCUT2D eigenvalue weighted by Crippen LogP contribution is -2.02. The van der Waals surface area contributed by atoms with Gasteiger partial charge in [0, 0.05) is 5.48 Å². The minimum Gasteiger partial charge on any atom is -0.0654 e. The normalized spacial score (nSPS) is 24.6. The Labute approximate surface area is 52.5 Å². The molecule has 7 heavy (non-hydrogen) atoms. The van der Waals surface area contributed by atoms with Crippen LogP contribution in [0.5, 0.6) is 0 Å². The highest BCUT2D eigenvalue weighted by Gasteiger charge is 2.06. The van der Waals surface area contributed by atoms with E-state index in [-0.39, 0.29) is 0 Å². The van der Waals surface area contributed by atoms with Gasteiger partial charge in [0.15, 0.2) is 0 Å². The molecule has 0 amide bonds. The fraction of sp³-hybridized carbons (Fsp3) is 1.00. The van der Waals surface area contributed by atoms with Crippen LogP contribution in [0.3, 0.4) is 0 Å². The summed E-state index contributed by atoms with van der Waals surface area (Å²) in [5.41, 5.74) is -0.661. The van der Waals surface area contributed by atoms with Crippen molar-refractivity contribution < 1.29 is 5.48 Å². The number of hydrogen-bond acceptors (Lipinski definition) is 0. The van der Waals surface area contributed by atoms with Crippen LogP contribution >= 0.6 is 0 Å². The SMILES string of the molecule is [2H]C([2H])(C)C([2H])([2H])C(C)(C)C. The van der Waals surface area contributed by atoms with Gasteiger partial charge in [0.2, 0.25) is 0 Å². The Morgan fingerprint density at radius 3 is 1.86 bits per heavy atom. The second-order valence-corrected chi connectivity index (χ2v) is 2.62. The highest BCUT2D eigenvalue weighted by atomic mass is 14.1. The van der Waals surface area contributed by atoms with Crippen LogP contribution in [-0.2, 0) is 0 Å². The molecule has 0 N–H and O–H groups in total. The van der Waals surface area contributed by atoms with Crippen molar-refractivity contribution in [1.29, 1.82) is 0 Å². The molecule has 0 heteroatoms. The predicted molar refractivity (Wildman–Crippen MR) is 34.4 cm³/mol. The molecule has 0 radical (unpaired) electrons. The van der Waals surface area contributed by atoms with E-state index in [1.165, 1.54) is 6.92 Å². The van der Waals surface area contributed by atoms with Gasteiger partial charge in [0.25, 0.3) is 0 Å². The van der Waals surface area contributed by atoms with Gasteiger partial charge in [-0.1, -0.05) is 34.1 Å². The van der Waals surface area contributed by atoms with Crippen LogP contribution in [0, 0.1) is 5.41 Å². The molecule has 0 aromatic rings.